The lowest BCUT2D eigenvalue weighted by Gasteiger charge is -2.30. The molecule has 1 aromatic heterocycles. The Kier molecular flexibility index (Phi) is 3.43. The van der Waals surface area contributed by atoms with Crippen molar-refractivity contribution in [1.82, 2.24) is 9.97 Å². The van der Waals surface area contributed by atoms with Gasteiger partial charge in [-0.2, -0.15) is 4.98 Å². The van der Waals surface area contributed by atoms with Crippen molar-refractivity contribution in [1.29, 1.82) is 0 Å². The van der Waals surface area contributed by atoms with Crippen LogP contribution in [0.1, 0.15) is 16.7 Å². The first kappa shape index (κ1) is 15.3. The third kappa shape index (κ3) is 2.43. The second-order valence-electron chi connectivity index (χ2n) is 6.84. The number of benzene rings is 1. The van der Waals surface area contributed by atoms with E-state index < -0.39 is 0 Å². The SMILES string of the molecule is Cc1ccc(N)cc1C1=Cc2cnc(NC3COC3)nc2N2CCN=C12. The standard InChI is InChI=1S/C19H20N6O/c1-11-2-3-13(20)7-15(11)16-6-12-8-22-19(23-14-9-26-10-14)24-17(12)25-5-4-21-18(16)25/h2-3,6-8,14H,4-5,9-10,20H2,1H3,(H,22,23,24). The van der Waals surface area contributed by atoms with E-state index in [1.807, 2.05) is 24.4 Å². The molecular weight excluding hydrogens is 328 g/mol. The summed E-state index contributed by atoms with van der Waals surface area (Å²) in [6.07, 6.45) is 3.99. The maximum Gasteiger partial charge on any atom is 0.225 e. The van der Waals surface area contributed by atoms with Crippen LogP contribution in [0.15, 0.2) is 29.4 Å². The number of nitrogens with two attached hydrogens (primary N) is 1. The van der Waals surface area contributed by atoms with Crippen molar-refractivity contribution in [3.05, 3.63) is 41.1 Å². The number of hydrogen-bond acceptors (Lipinski definition) is 7. The number of nitrogens with zero attached hydrogens (tertiary/aromatic N) is 4. The maximum absolute atomic E-state index is 6.03. The minimum Gasteiger partial charge on any atom is -0.399 e. The number of aromatic nitrogens is 2. The zero-order valence-electron chi connectivity index (χ0n) is 14.6. The van der Waals surface area contributed by atoms with Crippen LogP contribution >= 0.6 is 0 Å². The number of hydrogen-bond donors (Lipinski definition) is 2. The van der Waals surface area contributed by atoms with Gasteiger partial charge in [0.15, 0.2) is 0 Å². The summed E-state index contributed by atoms with van der Waals surface area (Å²) in [5.41, 5.74) is 11.1. The van der Waals surface area contributed by atoms with Gasteiger partial charge in [-0.3, -0.25) is 4.99 Å². The normalized spacial score (nSPS) is 18.6. The average molecular weight is 348 g/mol. The number of fused-ring (bicyclic) bond motifs is 3. The Morgan fingerprint density at radius 3 is 3.00 bits per heavy atom. The number of anilines is 3. The Morgan fingerprint density at radius 2 is 2.19 bits per heavy atom. The topological polar surface area (TPSA) is 88.7 Å². The van der Waals surface area contributed by atoms with Crippen LogP contribution in [0.3, 0.4) is 0 Å². The summed E-state index contributed by atoms with van der Waals surface area (Å²) in [7, 11) is 0. The highest BCUT2D eigenvalue weighted by Crippen LogP contribution is 2.36. The molecule has 26 heavy (non-hydrogen) atoms. The molecule has 1 fully saturated rings. The molecule has 0 unspecified atom stereocenters. The molecule has 0 aliphatic carbocycles. The van der Waals surface area contributed by atoms with E-state index in [1.165, 1.54) is 5.56 Å². The summed E-state index contributed by atoms with van der Waals surface area (Å²) in [6, 6.07) is 6.28. The lowest BCUT2D eigenvalue weighted by atomic mass is 9.94. The van der Waals surface area contributed by atoms with E-state index in [0.717, 1.165) is 47.1 Å². The van der Waals surface area contributed by atoms with Gasteiger partial charge in [-0.1, -0.05) is 6.07 Å². The second kappa shape index (κ2) is 5.81. The van der Waals surface area contributed by atoms with Crippen molar-refractivity contribution in [2.24, 2.45) is 4.99 Å². The van der Waals surface area contributed by atoms with Crippen LogP contribution in [0.5, 0.6) is 0 Å². The first-order valence-electron chi connectivity index (χ1n) is 8.81. The van der Waals surface area contributed by atoms with Gasteiger partial charge < -0.3 is 20.7 Å². The van der Waals surface area contributed by atoms with Crippen LogP contribution in [0.4, 0.5) is 17.5 Å². The number of nitrogens with one attached hydrogen (secondary N) is 1. The molecule has 0 amide bonds. The molecule has 7 nitrogen and oxygen atoms in total. The molecule has 2 aromatic rings. The molecule has 3 aliphatic rings. The third-order valence-electron chi connectivity index (χ3n) is 4.96. The number of ether oxygens (including phenoxy) is 1. The first-order chi connectivity index (χ1) is 12.7. The molecule has 3 N–H and O–H groups in total. The van der Waals surface area contributed by atoms with Gasteiger partial charge >= 0.3 is 0 Å². The van der Waals surface area contributed by atoms with E-state index >= 15 is 0 Å². The Morgan fingerprint density at radius 1 is 1.31 bits per heavy atom. The molecule has 1 saturated heterocycles. The largest absolute Gasteiger partial charge is 0.399 e. The minimum absolute atomic E-state index is 0.296. The van der Waals surface area contributed by atoms with E-state index in [0.29, 0.717) is 25.2 Å². The van der Waals surface area contributed by atoms with Gasteiger partial charge in [0, 0.05) is 29.6 Å². The summed E-state index contributed by atoms with van der Waals surface area (Å²) in [5, 5.41) is 3.32. The second-order valence-corrected chi connectivity index (χ2v) is 6.84. The van der Waals surface area contributed by atoms with Crippen LogP contribution in [-0.2, 0) is 4.74 Å². The molecule has 0 saturated carbocycles. The molecule has 0 atom stereocenters. The Labute approximate surface area is 151 Å². The zero-order chi connectivity index (χ0) is 17.7. The molecule has 5 rings (SSSR count). The van der Waals surface area contributed by atoms with E-state index in [4.69, 9.17) is 20.4 Å². The molecule has 1 aromatic carbocycles. The predicted molar refractivity (Wildman–Crippen MR) is 103 cm³/mol. The van der Waals surface area contributed by atoms with Gasteiger partial charge in [0.05, 0.1) is 25.8 Å². The van der Waals surface area contributed by atoms with Crippen molar-refractivity contribution < 1.29 is 4.74 Å². The fourth-order valence-electron chi connectivity index (χ4n) is 3.50. The highest BCUT2D eigenvalue weighted by Gasteiger charge is 2.31. The van der Waals surface area contributed by atoms with Crippen LogP contribution in [0, 0.1) is 6.92 Å². The fourth-order valence-corrected chi connectivity index (χ4v) is 3.50. The van der Waals surface area contributed by atoms with Crippen molar-refractivity contribution in [2.45, 2.75) is 13.0 Å². The molecule has 7 heteroatoms. The van der Waals surface area contributed by atoms with Crippen molar-refractivity contribution in [3.63, 3.8) is 0 Å². The van der Waals surface area contributed by atoms with E-state index in [-0.39, 0.29) is 0 Å². The summed E-state index contributed by atoms with van der Waals surface area (Å²) >= 11 is 0. The summed E-state index contributed by atoms with van der Waals surface area (Å²) in [5.74, 6) is 2.51. The number of aliphatic imine (C=N–C) groups is 1. The van der Waals surface area contributed by atoms with Gasteiger partial charge in [0.2, 0.25) is 5.95 Å². The minimum atomic E-state index is 0.296. The lowest BCUT2D eigenvalue weighted by Crippen LogP contribution is -2.41. The Bertz CT molecular complexity index is 947. The summed E-state index contributed by atoms with van der Waals surface area (Å²) in [4.78, 5) is 16.1. The maximum atomic E-state index is 6.03. The molecule has 0 spiro atoms. The van der Waals surface area contributed by atoms with E-state index in [9.17, 15) is 0 Å². The van der Waals surface area contributed by atoms with Crippen LogP contribution in [0.25, 0.3) is 11.6 Å². The van der Waals surface area contributed by atoms with E-state index in [2.05, 4.69) is 28.2 Å². The van der Waals surface area contributed by atoms with Gasteiger partial charge in [-0.25, -0.2) is 4.98 Å². The Balaban J connectivity index is 1.59. The molecule has 0 radical (unpaired) electrons. The van der Waals surface area contributed by atoms with Crippen LogP contribution < -0.4 is 16.0 Å². The van der Waals surface area contributed by atoms with Gasteiger partial charge in [0.25, 0.3) is 0 Å². The number of aryl methyl sites for hydroxylation is 1. The quantitative estimate of drug-likeness (QED) is 0.824. The molecular formula is C19H20N6O. The molecule has 3 aliphatic heterocycles. The van der Waals surface area contributed by atoms with Gasteiger partial charge in [0.1, 0.15) is 11.7 Å². The van der Waals surface area contributed by atoms with E-state index in [1.54, 1.807) is 0 Å². The summed E-state index contributed by atoms with van der Waals surface area (Å²) < 4.78 is 5.21. The van der Waals surface area contributed by atoms with Gasteiger partial charge in [-0.15, -0.1) is 0 Å². The number of amidine groups is 1. The van der Waals surface area contributed by atoms with Crippen LogP contribution in [-0.4, -0.2) is 48.1 Å². The monoisotopic (exact) mass is 348 g/mol. The molecule has 4 heterocycles. The van der Waals surface area contributed by atoms with Crippen molar-refractivity contribution in [3.8, 4) is 0 Å². The van der Waals surface area contributed by atoms with Crippen LogP contribution in [0.2, 0.25) is 0 Å². The predicted octanol–water partition coefficient (Wildman–Crippen LogP) is 1.95. The highest BCUT2D eigenvalue weighted by atomic mass is 16.5. The zero-order valence-corrected chi connectivity index (χ0v) is 14.6. The molecule has 0 bridgehead atoms. The summed E-state index contributed by atoms with van der Waals surface area (Å²) in [6.45, 7) is 5.08. The lowest BCUT2D eigenvalue weighted by molar-refractivity contribution is 0.0208. The van der Waals surface area contributed by atoms with Crippen molar-refractivity contribution in [2.75, 3.05) is 42.3 Å². The van der Waals surface area contributed by atoms with Crippen molar-refractivity contribution >= 4 is 34.9 Å². The fraction of sp³-hybridized carbons (Fsp3) is 0.316. The third-order valence-corrected chi connectivity index (χ3v) is 4.96. The smallest absolute Gasteiger partial charge is 0.225 e. The number of nitrogen functional groups attached to an aromatic ring is 1. The van der Waals surface area contributed by atoms with Gasteiger partial charge in [-0.05, 0) is 36.3 Å². The highest BCUT2D eigenvalue weighted by molar-refractivity contribution is 6.36. The Hall–Kier alpha value is -2.93. The molecule has 132 valence electrons. The first-order valence-corrected chi connectivity index (χ1v) is 8.81. The number of rotatable bonds is 3. The average Bonchev–Trinajstić information content (AvgIpc) is 3.10.